The molecular formula is C25H27N4O3. The Bertz CT molecular complexity index is 1110. The summed E-state index contributed by atoms with van der Waals surface area (Å²) in [6, 6.07) is 17.4. The van der Waals surface area contributed by atoms with Crippen LogP contribution in [0.25, 0.3) is 10.9 Å². The summed E-state index contributed by atoms with van der Waals surface area (Å²) in [6.07, 6.45) is 2.48. The first-order valence-corrected chi connectivity index (χ1v) is 11.0. The molecule has 1 aromatic heterocycles. The van der Waals surface area contributed by atoms with E-state index in [0.29, 0.717) is 23.3 Å². The van der Waals surface area contributed by atoms with Gasteiger partial charge in [0, 0.05) is 37.1 Å². The van der Waals surface area contributed by atoms with E-state index >= 15 is 0 Å². The molecule has 1 unspecified atom stereocenters. The number of rotatable bonds is 6. The Labute approximate surface area is 187 Å². The number of nitrogens with two attached hydrogens (primary N) is 1. The van der Waals surface area contributed by atoms with Crippen molar-refractivity contribution in [2.45, 2.75) is 6.42 Å². The lowest BCUT2D eigenvalue weighted by Crippen LogP contribution is -2.33. The highest BCUT2D eigenvalue weighted by Gasteiger charge is 2.41. The van der Waals surface area contributed by atoms with Crippen molar-refractivity contribution < 1.29 is 14.3 Å². The van der Waals surface area contributed by atoms with E-state index in [-0.39, 0.29) is 5.91 Å². The summed E-state index contributed by atoms with van der Waals surface area (Å²) >= 11 is 0. The van der Waals surface area contributed by atoms with Crippen molar-refractivity contribution in [1.82, 2.24) is 14.8 Å². The molecule has 0 spiro atoms. The number of nitrogens with zero attached hydrogens (tertiary/aromatic N) is 2. The van der Waals surface area contributed by atoms with Gasteiger partial charge in [0.15, 0.2) is 0 Å². The summed E-state index contributed by atoms with van der Waals surface area (Å²) in [4.78, 5) is 31.7. The summed E-state index contributed by atoms with van der Waals surface area (Å²) in [5.74, 6) is 1.46. The molecule has 2 aliphatic heterocycles. The van der Waals surface area contributed by atoms with Crippen LogP contribution >= 0.6 is 0 Å². The Morgan fingerprint density at radius 1 is 1.03 bits per heavy atom. The van der Waals surface area contributed by atoms with Gasteiger partial charge < -0.3 is 25.3 Å². The fourth-order valence-electron chi connectivity index (χ4n) is 5.02. The molecule has 2 aliphatic rings. The summed E-state index contributed by atoms with van der Waals surface area (Å²) in [5.41, 5.74) is 7.74. The highest BCUT2D eigenvalue weighted by atomic mass is 16.5. The van der Waals surface area contributed by atoms with E-state index in [2.05, 4.69) is 40.6 Å². The monoisotopic (exact) mass is 431 g/mol. The highest BCUT2D eigenvalue weighted by molar-refractivity contribution is 5.98. The average Bonchev–Trinajstić information content (AvgIpc) is 3.46. The first-order valence-electron chi connectivity index (χ1n) is 11.0. The third-order valence-electron chi connectivity index (χ3n) is 6.52. The van der Waals surface area contributed by atoms with Gasteiger partial charge in [0.1, 0.15) is 11.4 Å². The van der Waals surface area contributed by atoms with Gasteiger partial charge >= 0.3 is 6.09 Å². The minimum Gasteiger partial charge on any atom is -0.410 e. The molecule has 165 valence electrons. The Balaban J connectivity index is 1.15. The predicted molar refractivity (Wildman–Crippen MR) is 122 cm³/mol. The van der Waals surface area contributed by atoms with Crippen LogP contribution in [0.15, 0.2) is 54.6 Å². The number of fused-ring (bicyclic) bond motifs is 2. The molecule has 2 aromatic carbocycles. The van der Waals surface area contributed by atoms with Crippen molar-refractivity contribution in [3.8, 4) is 5.75 Å². The molecule has 0 aliphatic carbocycles. The third kappa shape index (κ3) is 4.34. The lowest BCUT2D eigenvalue weighted by molar-refractivity contribution is 0.0769. The normalized spacial score (nSPS) is 20.6. The van der Waals surface area contributed by atoms with Crippen LogP contribution in [0.4, 0.5) is 4.79 Å². The number of amides is 2. The minimum absolute atomic E-state index is 0.0249. The first kappa shape index (κ1) is 20.6. The van der Waals surface area contributed by atoms with Crippen LogP contribution in [0.3, 0.4) is 0 Å². The molecule has 3 aromatic rings. The molecule has 7 nitrogen and oxygen atoms in total. The summed E-state index contributed by atoms with van der Waals surface area (Å²) in [6.45, 7) is 4.77. The Hall–Kier alpha value is -3.32. The molecule has 5 rings (SSSR count). The summed E-state index contributed by atoms with van der Waals surface area (Å²) < 4.78 is 4.93. The van der Waals surface area contributed by atoms with Gasteiger partial charge in [-0.3, -0.25) is 4.79 Å². The number of nitrogens with one attached hydrogen (secondary N) is 1. The van der Waals surface area contributed by atoms with Crippen molar-refractivity contribution >= 4 is 22.9 Å². The number of carbonyl (C=O) groups excluding carboxylic acids is 2. The van der Waals surface area contributed by atoms with Gasteiger partial charge in [-0.25, -0.2) is 4.79 Å². The van der Waals surface area contributed by atoms with E-state index in [1.807, 2.05) is 17.0 Å². The van der Waals surface area contributed by atoms with E-state index in [0.717, 1.165) is 50.0 Å². The Morgan fingerprint density at radius 3 is 2.50 bits per heavy atom. The molecule has 0 saturated carbocycles. The first-order chi connectivity index (χ1) is 15.5. The summed E-state index contributed by atoms with van der Waals surface area (Å²) in [7, 11) is 0. The van der Waals surface area contributed by atoms with Crippen molar-refractivity contribution in [1.29, 1.82) is 0 Å². The van der Waals surface area contributed by atoms with Crippen LogP contribution in [0, 0.1) is 18.3 Å². The number of hydrogen-bond acceptors (Lipinski definition) is 4. The largest absolute Gasteiger partial charge is 0.410 e. The molecule has 2 amide bonds. The molecule has 7 heteroatoms. The van der Waals surface area contributed by atoms with E-state index in [1.54, 1.807) is 18.2 Å². The molecule has 1 radical (unpaired) electrons. The smallest absolute Gasteiger partial charge is 0.409 e. The van der Waals surface area contributed by atoms with Crippen molar-refractivity contribution in [2.75, 3.05) is 32.7 Å². The third-order valence-corrected chi connectivity index (χ3v) is 6.52. The van der Waals surface area contributed by atoms with Crippen molar-refractivity contribution in [2.24, 2.45) is 17.6 Å². The quantitative estimate of drug-likeness (QED) is 0.627. The van der Waals surface area contributed by atoms with Crippen LogP contribution < -0.4 is 10.5 Å². The number of aromatic nitrogens is 1. The maximum atomic E-state index is 13.1. The van der Waals surface area contributed by atoms with Crippen molar-refractivity contribution in [3.05, 3.63) is 72.3 Å². The van der Waals surface area contributed by atoms with Gasteiger partial charge in [-0.2, -0.15) is 0 Å². The molecule has 2 saturated heterocycles. The van der Waals surface area contributed by atoms with Gasteiger partial charge in [0.05, 0.1) is 0 Å². The van der Waals surface area contributed by atoms with Crippen LogP contribution in [-0.4, -0.2) is 59.5 Å². The zero-order chi connectivity index (χ0) is 22.1. The zero-order valence-corrected chi connectivity index (χ0v) is 17.9. The van der Waals surface area contributed by atoms with Crippen LogP contribution in [0.5, 0.6) is 5.75 Å². The van der Waals surface area contributed by atoms with E-state index < -0.39 is 6.09 Å². The van der Waals surface area contributed by atoms with Gasteiger partial charge in [0.2, 0.25) is 0 Å². The average molecular weight is 432 g/mol. The van der Waals surface area contributed by atoms with E-state index in [9.17, 15) is 9.59 Å². The van der Waals surface area contributed by atoms with Gasteiger partial charge in [-0.1, -0.05) is 30.3 Å². The second-order valence-corrected chi connectivity index (χ2v) is 8.75. The minimum atomic E-state index is -0.855. The van der Waals surface area contributed by atoms with Crippen molar-refractivity contribution in [3.63, 3.8) is 0 Å². The SMILES string of the molecule is NC(=O)Oc1ccc2[nH]c(C(=O)N3CC4CN(CC[CH]c5ccccc5)C[C@H]4C3)cc2c1. The lowest BCUT2D eigenvalue weighted by atomic mass is 10.0. The maximum absolute atomic E-state index is 13.1. The van der Waals surface area contributed by atoms with Gasteiger partial charge in [-0.15, -0.1) is 0 Å². The van der Waals surface area contributed by atoms with Crippen LogP contribution in [-0.2, 0) is 0 Å². The standard InChI is InChI=1S/C25H27N4O3/c26-25(31)32-21-8-9-22-18(11-21)12-23(27-22)24(30)29-15-19-13-28(14-20(19)16-29)10-4-7-17-5-2-1-3-6-17/h1-3,5-9,11-12,19-20,27H,4,10,13-16H2,(H2,26,31)/t19-,20?/m0/s1. The number of hydrogen-bond donors (Lipinski definition) is 2. The fourth-order valence-corrected chi connectivity index (χ4v) is 5.02. The molecule has 3 heterocycles. The second kappa shape index (κ2) is 8.67. The molecular weight excluding hydrogens is 404 g/mol. The molecule has 3 N–H and O–H groups in total. The number of primary amides is 1. The Kier molecular flexibility index (Phi) is 5.57. The number of carbonyl (C=O) groups is 2. The molecule has 32 heavy (non-hydrogen) atoms. The molecule has 0 bridgehead atoms. The summed E-state index contributed by atoms with van der Waals surface area (Å²) in [5, 5.41) is 0.812. The highest BCUT2D eigenvalue weighted by Crippen LogP contribution is 2.32. The molecule has 2 fully saturated rings. The second-order valence-electron chi connectivity index (χ2n) is 8.75. The number of aromatic amines is 1. The van der Waals surface area contributed by atoms with E-state index in [4.69, 9.17) is 10.5 Å². The van der Waals surface area contributed by atoms with Crippen LogP contribution in [0.1, 0.15) is 22.5 Å². The number of H-pyrrole nitrogens is 1. The van der Waals surface area contributed by atoms with Gasteiger partial charge in [-0.05, 0) is 61.1 Å². The topological polar surface area (TPSA) is 91.7 Å². The molecule has 2 atom stereocenters. The number of ether oxygens (including phenoxy) is 1. The zero-order valence-electron chi connectivity index (χ0n) is 17.9. The fraction of sp³-hybridized carbons (Fsp3) is 0.320. The lowest BCUT2D eigenvalue weighted by Gasteiger charge is -2.21. The maximum Gasteiger partial charge on any atom is 0.409 e. The number of benzene rings is 2. The Morgan fingerprint density at radius 2 is 1.78 bits per heavy atom. The number of likely N-dealkylation sites (tertiary alicyclic amines) is 2. The van der Waals surface area contributed by atoms with Crippen LogP contribution in [0.2, 0.25) is 0 Å². The van der Waals surface area contributed by atoms with Gasteiger partial charge in [0.25, 0.3) is 5.91 Å². The van der Waals surface area contributed by atoms with E-state index in [1.165, 1.54) is 5.56 Å². The predicted octanol–water partition coefficient (Wildman–Crippen LogP) is 3.27.